The third-order valence-corrected chi connectivity index (χ3v) is 2.61. The second-order valence-corrected chi connectivity index (χ2v) is 4.12. The van der Waals surface area contributed by atoms with E-state index >= 15 is 0 Å². The number of carbonyl (C=O) groups excluding carboxylic acids is 2. The molecule has 1 amide bonds. The Morgan fingerprint density at radius 2 is 2.29 bits per heavy atom. The van der Waals surface area contributed by atoms with Crippen LogP contribution >= 0.6 is 0 Å². The molecule has 4 heteroatoms. The summed E-state index contributed by atoms with van der Waals surface area (Å²) in [6.45, 7) is 1.51. The Hall–Kier alpha value is -1.97. The lowest BCUT2D eigenvalue weighted by atomic mass is 10.1. The van der Waals surface area contributed by atoms with Gasteiger partial charge in [0, 0.05) is 12.6 Å². The van der Waals surface area contributed by atoms with Crippen LogP contribution in [0.2, 0.25) is 0 Å². The van der Waals surface area contributed by atoms with Gasteiger partial charge in [0.15, 0.2) is 5.78 Å². The molecule has 1 N–H and O–H groups in total. The predicted octanol–water partition coefficient (Wildman–Crippen LogP) is 1.96. The Bertz CT molecular complexity index is 492. The van der Waals surface area contributed by atoms with Gasteiger partial charge in [-0.1, -0.05) is 0 Å². The van der Waals surface area contributed by atoms with Crippen molar-refractivity contribution in [1.82, 2.24) is 4.98 Å². The van der Waals surface area contributed by atoms with Crippen molar-refractivity contribution in [3.05, 3.63) is 29.5 Å². The summed E-state index contributed by atoms with van der Waals surface area (Å²) < 4.78 is 0. The molecule has 2 rings (SSSR count). The highest BCUT2D eigenvalue weighted by Crippen LogP contribution is 2.21. The Balaban J connectivity index is 2.27. The van der Waals surface area contributed by atoms with Gasteiger partial charge in [-0.3, -0.25) is 9.59 Å². The van der Waals surface area contributed by atoms with E-state index in [1.54, 1.807) is 12.3 Å². The number of rotatable bonds is 2. The maximum absolute atomic E-state index is 11.3. The Kier molecular flexibility index (Phi) is 3.32. The molecule has 0 spiro atoms. The number of aryl methyl sites for hydroxylation is 1. The maximum Gasteiger partial charge on any atom is 0.225 e. The van der Waals surface area contributed by atoms with Crippen LogP contribution in [0.5, 0.6) is 0 Å². The van der Waals surface area contributed by atoms with Crippen molar-refractivity contribution in [2.75, 3.05) is 5.32 Å². The molecule has 2 heterocycles. The highest BCUT2D eigenvalue weighted by Gasteiger charge is 2.13. The van der Waals surface area contributed by atoms with Crippen molar-refractivity contribution in [2.24, 2.45) is 0 Å². The summed E-state index contributed by atoms with van der Waals surface area (Å²) in [5.41, 5.74) is 1.91. The van der Waals surface area contributed by atoms with Crippen LogP contribution < -0.4 is 5.32 Å². The number of allylic oxidation sites excluding steroid dienone is 1. The van der Waals surface area contributed by atoms with E-state index in [9.17, 15) is 9.59 Å². The van der Waals surface area contributed by atoms with E-state index in [1.807, 2.05) is 6.07 Å². The molecule has 1 aromatic rings. The van der Waals surface area contributed by atoms with Gasteiger partial charge >= 0.3 is 0 Å². The number of fused-ring (bicyclic) bond motifs is 1. The van der Waals surface area contributed by atoms with Gasteiger partial charge in [-0.2, -0.15) is 0 Å². The summed E-state index contributed by atoms with van der Waals surface area (Å²) in [6, 6.07) is 1.97. The van der Waals surface area contributed by atoms with Gasteiger partial charge in [0.25, 0.3) is 0 Å². The molecule has 1 aliphatic heterocycles. The largest absolute Gasteiger partial charge is 0.310 e. The van der Waals surface area contributed by atoms with E-state index in [0.29, 0.717) is 12.2 Å². The van der Waals surface area contributed by atoms with E-state index in [2.05, 4.69) is 10.3 Å². The first-order valence-corrected chi connectivity index (χ1v) is 5.62. The van der Waals surface area contributed by atoms with Crippen LogP contribution in [0.25, 0.3) is 6.08 Å². The van der Waals surface area contributed by atoms with Gasteiger partial charge in [0.1, 0.15) is 5.82 Å². The zero-order valence-corrected chi connectivity index (χ0v) is 9.69. The zero-order chi connectivity index (χ0) is 12.3. The molecule has 0 aliphatic carbocycles. The standard InChI is InChI=1S/C13H14N2O2/c1-9(16)5-6-10-7-11-3-2-4-12(17)15-13(11)14-8-10/h5-8H,2-4H2,1H3,(H,14,15,17)/b6-5+. The van der Waals surface area contributed by atoms with Crippen LogP contribution in [-0.4, -0.2) is 16.7 Å². The van der Waals surface area contributed by atoms with Crippen molar-refractivity contribution in [3.8, 4) is 0 Å². The number of nitrogens with zero attached hydrogens (tertiary/aromatic N) is 1. The van der Waals surface area contributed by atoms with E-state index in [4.69, 9.17) is 0 Å². The maximum atomic E-state index is 11.3. The molecule has 0 aromatic carbocycles. The van der Waals surface area contributed by atoms with Gasteiger partial charge in [-0.25, -0.2) is 4.98 Å². The van der Waals surface area contributed by atoms with Gasteiger partial charge in [0.2, 0.25) is 5.91 Å². The second-order valence-electron chi connectivity index (χ2n) is 4.12. The van der Waals surface area contributed by atoms with Crippen LogP contribution in [0, 0.1) is 0 Å². The number of pyridine rings is 1. The Morgan fingerprint density at radius 3 is 3.06 bits per heavy atom. The molecule has 4 nitrogen and oxygen atoms in total. The van der Waals surface area contributed by atoms with Crippen molar-refractivity contribution < 1.29 is 9.59 Å². The van der Waals surface area contributed by atoms with Crippen LogP contribution in [0.4, 0.5) is 5.82 Å². The fourth-order valence-electron chi connectivity index (χ4n) is 1.77. The average molecular weight is 230 g/mol. The van der Waals surface area contributed by atoms with Crippen molar-refractivity contribution >= 4 is 23.6 Å². The van der Waals surface area contributed by atoms with E-state index < -0.39 is 0 Å². The lowest BCUT2D eigenvalue weighted by Gasteiger charge is -2.05. The van der Waals surface area contributed by atoms with Crippen LogP contribution in [0.3, 0.4) is 0 Å². The van der Waals surface area contributed by atoms with Gasteiger partial charge < -0.3 is 5.32 Å². The van der Waals surface area contributed by atoms with Crippen molar-refractivity contribution in [1.29, 1.82) is 0 Å². The fourth-order valence-corrected chi connectivity index (χ4v) is 1.77. The zero-order valence-electron chi connectivity index (χ0n) is 9.69. The Morgan fingerprint density at radius 1 is 1.47 bits per heavy atom. The molecule has 0 bridgehead atoms. The minimum atomic E-state index is 0.00763. The lowest BCUT2D eigenvalue weighted by Crippen LogP contribution is -2.10. The number of nitrogens with one attached hydrogen (secondary N) is 1. The number of hydrogen-bond acceptors (Lipinski definition) is 3. The smallest absolute Gasteiger partial charge is 0.225 e. The molecule has 17 heavy (non-hydrogen) atoms. The number of amides is 1. The normalized spacial score (nSPS) is 15.2. The van der Waals surface area contributed by atoms with E-state index in [1.165, 1.54) is 13.0 Å². The molecule has 0 saturated carbocycles. The number of hydrogen-bond donors (Lipinski definition) is 1. The average Bonchev–Trinajstić information content (AvgIpc) is 2.46. The van der Waals surface area contributed by atoms with Crippen LogP contribution in [0.15, 0.2) is 18.3 Å². The number of anilines is 1. The number of carbonyl (C=O) groups is 2. The minimum absolute atomic E-state index is 0.00763. The molecular formula is C13H14N2O2. The fraction of sp³-hybridized carbons (Fsp3) is 0.308. The Labute approximate surface area is 99.7 Å². The first-order valence-electron chi connectivity index (χ1n) is 5.62. The highest BCUT2D eigenvalue weighted by atomic mass is 16.1. The first kappa shape index (κ1) is 11.5. The minimum Gasteiger partial charge on any atom is -0.310 e. The summed E-state index contributed by atoms with van der Waals surface area (Å²) in [5.74, 6) is 0.670. The van der Waals surface area contributed by atoms with Crippen molar-refractivity contribution in [3.63, 3.8) is 0 Å². The SMILES string of the molecule is CC(=O)/C=C/c1cnc2c(c1)CCCC(=O)N2. The van der Waals surface area contributed by atoms with Crippen molar-refractivity contribution in [2.45, 2.75) is 26.2 Å². The van der Waals surface area contributed by atoms with Gasteiger partial charge in [-0.15, -0.1) is 0 Å². The van der Waals surface area contributed by atoms with E-state index in [0.717, 1.165) is 24.0 Å². The molecule has 0 fully saturated rings. The predicted molar refractivity (Wildman–Crippen MR) is 65.5 cm³/mol. The quantitative estimate of drug-likeness (QED) is 0.790. The molecule has 0 atom stereocenters. The number of ketones is 1. The molecule has 0 radical (unpaired) electrons. The third-order valence-electron chi connectivity index (χ3n) is 2.61. The molecule has 1 aromatic heterocycles. The molecule has 88 valence electrons. The van der Waals surface area contributed by atoms with Gasteiger partial charge in [-0.05, 0) is 49.1 Å². The molecule has 1 aliphatic rings. The summed E-state index contributed by atoms with van der Waals surface area (Å²) in [6.07, 6.45) is 7.11. The van der Waals surface area contributed by atoms with E-state index in [-0.39, 0.29) is 11.7 Å². The topological polar surface area (TPSA) is 59.1 Å². The third kappa shape index (κ3) is 3.00. The lowest BCUT2D eigenvalue weighted by molar-refractivity contribution is -0.116. The summed E-state index contributed by atoms with van der Waals surface area (Å²) in [4.78, 5) is 26.4. The summed E-state index contributed by atoms with van der Waals surface area (Å²) in [7, 11) is 0. The highest BCUT2D eigenvalue weighted by molar-refractivity contribution is 5.92. The monoisotopic (exact) mass is 230 g/mol. The van der Waals surface area contributed by atoms with Gasteiger partial charge in [0.05, 0.1) is 0 Å². The summed E-state index contributed by atoms with van der Waals surface area (Å²) in [5, 5.41) is 2.77. The first-order chi connectivity index (χ1) is 8.15. The number of aromatic nitrogens is 1. The molecular weight excluding hydrogens is 216 g/mol. The summed E-state index contributed by atoms with van der Waals surface area (Å²) >= 11 is 0. The van der Waals surface area contributed by atoms with Crippen LogP contribution in [-0.2, 0) is 16.0 Å². The van der Waals surface area contributed by atoms with Crippen LogP contribution in [0.1, 0.15) is 30.9 Å². The molecule has 0 saturated heterocycles. The second kappa shape index (κ2) is 4.91. The molecule has 0 unspecified atom stereocenters.